The largest absolute Gasteiger partial charge is 0.472 e. The molecule has 3 unspecified atom stereocenters. The lowest BCUT2D eigenvalue weighted by Crippen LogP contribution is -2.30. The van der Waals surface area contributed by atoms with Gasteiger partial charge in [0.05, 0.1) is 26.4 Å². The number of aliphatic hydroxyl groups is 1. The first-order valence-electron chi connectivity index (χ1n) is 38.0. The van der Waals surface area contributed by atoms with Crippen LogP contribution in [0.5, 0.6) is 0 Å². The molecule has 19 heteroatoms. The van der Waals surface area contributed by atoms with E-state index in [1.165, 1.54) is 193 Å². The maximum Gasteiger partial charge on any atom is 0.472 e. The Balaban J connectivity index is 5.21. The Morgan fingerprint density at radius 2 is 0.554 bits per heavy atom. The third-order valence-corrected chi connectivity index (χ3v) is 19.2. The molecule has 0 radical (unpaired) electrons. The summed E-state index contributed by atoms with van der Waals surface area (Å²) in [6, 6.07) is 0. The first kappa shape index (κ1) is 90.1. The third kappa shape index (κ3) is 65.4. The van der Waals surface area contributed by atoms with Crippen LogP contribution < -0.4 is 0 Å². The first-order valence-corrected chi connectivity index (χ1v) is 41.0. The fourth-order valence-corrected chi connectivity index (χ4v) is 12.7. The number of hydrogen-bond acceptors (Lipinski definition) is 15. The minimum atomic E-state index is -4.95. The summed E-state index contributed by atoms with van der Waals surface area (Å²) < 4.78 is 68.3. The highest BCUT2D eigenvalue weighted by atomic mass is 31.2. The van der Waals surface area contributed by atoms with Crippen molar-refractivity contribution in [2.24, 2.45) is 11.8 Å². The summed E-state index contributed by atoms with van der Waals surface area (Å²) in [5, 5.41) is 10.6. The second kappa shape index (κ2) is 65.0. The van der Waals surface area contributed by atoms with E-state index in [2.05, 4.69) is 41.5 Å². The van der Waals surface area contributed by atoms with E-state index in [1.54, 1.807) is 0 Å². The van der Waals surface area contributed by atoms with Crippen LogP contribution in [0.15, 0.2) is 0 Å². The number of rotatable bonds is 72. The van der Waals surface area contributed by atoms with Gasteiger partial charge in [0, 0.05) is 25.7 Å². The molecular weight excluding hydrogens is 1210 g/mol. The normalized spacial score (nSPS) is 14.4. The molecule has 3 N–H and O–H groups in total. The topological polar surface area (TPSA) is 237 Å². The Bertz CT molecular complexity index is 1790. The molecule has 0 aromatic rings. The minimum absolute atomic E-state index is 0.104. The van der Waals surface area contributed by atoms with Crippen molar-refractivity contribution < 1.29 is 80.2 Å². The summed E-state index contributed by atoms with van der Waals surface area (Å²) in [7, 11) is -9.90. The van der Waals surface area contributed by atoms with Crippen LogP contribution in [0.3, 0.4) is 0 Å². The standard InChI is InChI=1S/C73H142O17P2/c1-7-10-12-14-16-18-19-20-21-22-23-24-25-26-27-33-39-45-51-57-72(77)89-68(61-84-71(76)56-50-44-38-32-29-28-31-36-42-48-54-66(6)9-3)63-87-91(79,80)85-59-67(74)60-86-92(81,82)88-64-69(62-83-70(75)55-49-43-37-30-17-15-13-11-8-2)90-73(78)58-52-46-40-34-35-41-47-53-65(4)5/h65-69,74H,7-64H2,1-6H3,(H,79,80)(H,81,82)/t66?,67-,68-,69-/m1/s1. The van der Waals surface area contributed by atoms with E-state index in [-0.39, 0.29) is 25.7 Å². The van der Waals surface area contributed by atoms with Crippen LogP contribution in [0.4, 0.5) is 0 Å². The number of phosphoric acid groups is 2. The summed E-state index contributed by atoms with van der Waals surface area (Å²) in [5.41, 5.74) is 0. The van der Waals surface area contributed by atoms with Crippen molar-refractivity contribution >= 4 is 39.5 Å². The Labute approximate surface area is 562 Å². The molecule has 0 amide bonds. The van der Waals surface area contributed by atoms with Gasteiger partial charge in [-0.15, -0.1) is 0 Å². The SMILES string of the molecule is CCCCCCCCCCCCCCCCCCCCCC(=O)O[C@H](COC(=O)CCCCCCCCCCCCC(C)CC)COP(=O)(O)OC[C@@H](O)COP(=O)(O)OC[C@@H](COC(=O)CCCCCCCCCCC)OC(=O)CCCCCCCCCC(C)C. The Morgan fingerprint density at radius 1 is 0.315 bits per heavy atom. The van der Waals surface area contributed by atoms with Crippen LogP contribution in [0.1, 0.15) is 375 Å². The van der Waals surface area contributed by atoms with E-state index in [0.717, 1.165) is 95.8 Å². The Kier molecular flexibility index (Phi) is 63.7. The molecule has 6 atom stereocenters. The van der Waals surface area contributed by atoms with Gasteiger partial charge in [0.2, 0.25) is 0 Å². The zero-order valence-electron chi connectivity index (χ0n) is 59.9. The van der Waals surface area contributed by atoms with Crippen molar-refractivity contribution in [2.45, 2.75) is 394 Å². The maximum absolute atomic E-state index is 13.1. The highest BCUT2D eigenvalue weighted by molar-refractivity contribution is 7.47. The fourth-order valence-electron chi connectivity index (χ4n) is 11.1. The van der Waals surface area contributed by atoms with Crippen molar-refractivity contribution in [3.63, 3.8) is 0 Å². The predicted molar refractivity (Wildman–Crippen MR) is 372 cm³/mol. The molecule has 0 saturated heterocycles. The van der Waals surface area contributed by atoms with E-state index in [9.17, 15) is 43.2 Å². The molecule has 0 aliphatic rings. The van der Waals surface area contributed by atoms with Crippen molar-refractivity contribution in [1.82, 2.24) is 0 Å². The van der Waals surface area contributed by atoms with Gasteiger partial charge in [0.1, 0.15) is 19.3 Å². The Hall–Kier alpha value is -1.94. The summed E-state index contributed by atoms with van der Waals surface area (Å²) in [4.78, 5) is 72.6. The zero-order valence-corrected chi connectivity index (χ0v) is 61.6. The van der Waals surface area contributed by atoms with Crippen LogP contribution >= 0.6 is 15.6 Å². The van der Waals surface area contributed by atoms with Gasteiger partial charge >= 0.3 is 39.5 Å². The van der Waals surface area contributed by atoms with Crippen LogP contribution in [0.25, 0.3) is 0 Å². The summed E-state index contributed by atoms with van der Waals surface area (Å²) in [6.07, 6.45) is 51.4. The van der Waals surface area contributed by atoms with E-state index in [1.807, 2.05) is 0 Å². The number of ether oxygens (including phenoxy) is 4. The van der Waals surface area contributed by atoms with Gasteiger partial charge in [-0.05, 0) is 37.5 Å². The number of unbranched alkanes of at least 4 members (excludes halogenated alkanes) is 41. The number of carbonyl (C=O) groups is 4. The molecule has 0 aromatic carbocycles. The van der Waals surface area contributed by atoms with Crippen LogP contribution in [-0.2, 0) is 65.4 Å². The first-order chi connectivity index (χ1) is 44.4. The van der Waals surface area contributed by atoms with E-state index in [4.69, 9.17) is 37.0 Å². The number of hydrogen-bond donors (Lipinski definition) is 3. The van der Waals surface area contributed by atoms with E-state index < -0.39 is 97.5 Å². The highest BCUT2D eigenvalue weighted by Gasteiger charge is 2.30. The molecule has 0 saturated carbocycles. The van der Waals surface area contributed by atoms with Crippen molar-refractivity contribution in [3.05, 3.63) is 0 Å². The maximum atomic E-state index is 13.1. The lowest BCUT2D eigenvalue weighted by atomic mass is 9.99. The molecule has 0 bridgehead atoms. The van der Waals surface area contributed by atoms with Crippen molar-refractivity contribution in [2.75, 3.05) is 39.6 Å². The second-order valence-electron chi connectivity index (χ2n) is 27.1. The van der Waals surface area contributed by atoms with E-state index >= 15 is 0 Å². The lowest BCUT2D eigenvalue weighted by molar-refractivity contribution is -0.161. The third-order valence-electron chi connectivity index (χ3n) is 17.3. The molecular formula is C73H142O17P2. The average molecular weight is 1350 g/mol. The number of esters is 4. The molecule has 0 spiro atoms. The van der Waals surface area contributed by atoms with Gasteiger partial charge in [-0.1, -0.05) is 324 Å². The van der Waals surface area contributed by atoms with Gasteiger partial charge in [-0.25, -0.2) is 9.13 Å². The van der Waals surface area contributed by atoms with Crippen molar-refractivity contribution in [1.29, 1.82) is 0 Å². The molecule has 546 valence electrons. The summed E-state index contributed by atoms with van der Waals surface area (Å²) >= 11 is 0. The Morgan fingerprint density at radius 3 is 0.826 bits per heavy atom. The van der Waals surface area contributed by atoms with Crippen molar-refractivity contribution in [3.8, 4) is 0 Å². The zero-order chi connectivity index (χ0) is 67.9. The average Bonchev–Trinajstić information content (AvgIpc) is 1.77. The molecule has 0 heterocycles. The molecule has 0 aliphatic carbocycles. The number of carbonyl (C=O) groups excluding carboxylic acids is 4. The van der Waals surface area contributed by atoms with Gasteiger partial charge in [-0.3, -0.25) is 37.3 Å². The smallest absolute Gasteiger partial charge is 0.462 e. The second-order valence-corrected chi connectivity index (χ2v) is 30.0. The van der Waals surface area contributed by atoms with Crippen LogP contribution in [0, 0.1) is 11.8 Å². The molecule has 92 heavy (non-hydrogen) atoms. The molecule has 17 nitrogen and oxygen atoms in total. The molecule has 0 fully saturated rings. The monoisotopic (exact) mass is 1350 g/mol. The summed E-state index contributed by atoms with van der Waals surface area (Å²) in [5.74, 6) is -0.618. The van der Waals surface area contributed by atoms with Gasteiger partial charge < -0.3 is 33.8 Å². The minimum Gasteiger partial charge on any atom is -0.462 e. The van der Waals surface area contributed by atoms with Gasteiger partial charge in [-0.2, -0.15) is 0 Å². The molecule has 0 aromatic heterocycles. The molecule has 0 rings (SSSR count). The highest BCUT2D eigenvalue weighted by Crippen LogP contribution is 2.45. The number of phosphoric ester groups is 2. The lowest BCUT2D eigenvalue weighted by Gasteiger charge is -2.21. The fraction of sp³-hybridized carbons (Fsp3) is 0.945. The predicted octanol–water partition coefficient (Wildman–Crippen LogP) is 21.2. The summed E-state index contributed by atoms with van der Waals surface area (Å²) in [6.45, 7) is 9.52. The quantitative estimate of drug-likeness (QED) is 0.0222. The number of aliphatic hydroxyl groups excluding tert-OH is 1. The van der Waals surface area contributed by atoms with Crippen LogP contribution in [0.2, 0.25) is 0 Å². The van der Waals surface area contributed by atoms with Gasteiger partial charge in [0.25, 0.3) is 0 Å². The molecule has 0 aliphatic heterocycles. The van der Waals surface area contributed by atoms with E-state index in [0.29, 0.717) is 31.6 Å². The van der Waals surface area contributed by atoms with Crippen LogP contribution in [-0.4, -0.2) is 96.7 Å². The van der Waals surface area contributed by atoms with Gasteiger partial charge in [0.15, 0.2) is 12.2 Å².